The van der Waals surface area contributed by atoms with Crippen LogP contribution < -0.4 is 0 Å². The molecule has 2 nitrogen and oxygen atoms in total. The van der Waals surface area contributed by atoms with E-state index in [0.717, 1.165) is 36.1 Å². The van der Waals surface area contributed by atoms with E-state index < -0.39 is 0 Å². The molecule has 0 spiro atoms. The van der Waals surface area contributed by atoms with E-state index in [4.69, 9.17) is 4.52 Å². The van der Waals surface area contributed by atoms with Crippen LogP contribution in [0.3, 0.4) is 0 Å². The van der Waals surface area contributed by atoms with Gasteiger partial charge in [0.2, 0.25) is 0 Å². The predicted octanol–water partition coefficient (Wildman–Crippen LogP) is 4.69. The normalized spacial score (nSPS) is 10.7. The van der Waals surface area contributed by atoms with Crippen molar-refractivity contribution in [1.82, 2.24) is 5.16 Å². The Labute approximate surface area is 125 Å². The van der Waals surface area contributed by atoms with E-state index in [1.807, 2.05) is 0 Å². The number of nitrogens with zero attached hydrogens (tertiary/aromatic N) is 1. The number of rotatable bonds is 5. The van der Waals surface area contributed by atoms with E-state index in [2.05, 4.69) is 66.7 Å². The minimum absolute atomic E-state index is 0.938. The Bertz CT molecular complexity index is 700. The van der Waals surface area contributed by atoms with Crippen molar-refractivity contribution in [2.45, 2.75) is 26.2 Å². The molecule has 0 saturated heterocycles. The summed E-state index contributed by atoms with van der Waals surface area (Å²) in [4.78, 5) is 0. The van der Waals surface area contributed by atoms with Crippen molar-refractivity contribution in [2.24, 2.45) is 0 Å². The molecule has 0 aliphatic carbocycles. The summed E-state index contributed by atoms with van der Waals surface area (Å²) in [5.74, 6) is 0. The first kappa shape index (κ1) is 13.6. The van der Waals surface area contributed by atoms with Crippen molar-refractivity contribution in [3.05, 3.63) is 77.6 Å². The maximum absolute atomic E-state index is 5.11. The highest BCUT2D eigenvalue weighted by Crippen LogP contribution is 2.24. The fourth-order valence-electron chi connectivity index (χ4n) is 2.55. The number of aromatic nitrogens is 1. The van der Waals surface area contributed by atoms with Crippen LogP contribution in [0.5, 0.6) is 0 Å². The van der Waals surface area contributed by atoms with Gasteiger partial charge >= 0.3 is 0 Å². The summed E-state index contributed by atoms with van der Waals surface area (Å²) in [5, 5.41) is 4.14. The van der Waals surface area contributed by atoms with E-state index in [1.54, 1.807) is 6.26 Å². The predicted molar refractivity (Wildman–Crippen MR) is 85.2 cm³/mol. The minimum atomic E-state index is 0.938. The second kappa shape index (κ2) is 6.40. The molecule has 1 aromatic heterocycles. The Morgan fingerprint density at radius 2 is 1.67 bits per heavy atom. The minimum Gasteiger partial charge on any atom is -0.364 e. The third kappa shape index (κ3) is 3.22. The van der Waals surface area contributed by atoms with Crippen molar-refractivity contribution in [2.75, 3.05) is 0 Å². The zero-order valence-corrected chi connectivity index (χ0v) is 12.3. The van der Waals surface area contributed by atoms with Crippen molar-refractivity contribution in [3.63, 3.8) is 0 Å². The van der Waals surface area contributed by atoms with Crippen LogP contribution in [-0.4, -0.2) is 5.16 Å². The highest BCUT2D eigenvalue weighted by molar-refractivity contribution is 5.63. The molecule has 0 radical (unpaired) electrons. The summed E-state index contributed by atoms with van der Waals surface area (Å²) in [7, 11) is 0. The van der Waals surface area contributed by atoms with Crippen LogP contribution in [-0.2, 0) is 19.3 Å². The molecule has 0 N–H and O–H groups in total. The van der Waals surface area contributed by atoms with Gasteiger partial charge < -0.3 is 4.52 Å². The van der Waals surface area contributed by atoms with Gasteiger partial charge in [0.05, 0.1) is 0 Å². The third-order valence-corrected chi connectivity index (χ3v) is 3.77. The smallest absolute Gasteiger partial charge is 0.127 e. The molecule has 0 unspecified atom stereocenters. The molecule has 1 heterocycles. The van der Waals surface area contributed by atoms with E-state index in [1.165, 1.54) is 11.1 Å². The molecule has 0 atom stereocenters. The molecule has 0 saturated carbocycles. The van der Waals surface area contributed by atoms with Crippen molar-refractivity contribution >= 4 is 0 Å². The molecule has 0 aliphatic rings. The Morgan fingerprint density at radius 1 is 0.905 bits per heavy atom. The van der Waals surface area contributed by atoms with Crippen LogP contribution in [0.4, 0.5) is 0 Å². The average Bonchev–Trinajstić information content (AvgIpc) is 3.03. The summed E-state index contributed by atoms with van der Waals surface area (Å²) in [5.41, 5.74) is 5.99. The summed E-state index contributed by atoms with van der Waals surface area (Å²) in [6.45, 7) is 2.12. The van der Waals surface area contributed by atoms with Gasteiger partial charge in [-0.2, -0.15) is 0 Å². The maximum atomic E-state index is 5.11. The molecule has 0 aliphatic heterocycles. The second-order valence-corrected chi connectivity index (χ2v) is 5.23. The summed E-state index contributed by atoms with van der Waals surface area (Å²) in [6, 6.07) is 19.2. The van der Waals surface area contributed by atoms with Crippen molar-refractivity contribution in [1.29, 1.82) is 0 Å². The lowest BCUT2D eigenvalue weighted by Crippen LogP contribution is -1.92. The Kier molecular flexibility index (Phi) is 4.15. The molecule has 3 aromatic rings. The summed E-state index contributed by atoms with van der Waals surface area (Å²) >= 11 is 0. The van der Waals surface area contributed by atoms with Gasteiger partial charge in [-0.25, -0.2) is 0 Å². The van der Waals surface area contributed by atoms with E-state index >= 15 is 0 Å². The van der Waals surface area contributed by atoms with Gasteiger partial charge in [0.1, 0.15) is 12.0 Å². The number of hydrogen-bond acceptors (Lipinski definition) is 2. The molecule has 21 heavy (non-hydrogen) atoms. The largest absolute Gasteiger partial charge is 0.364 e. The van der Waals surface area contributed by atoms with Crippen LogP contribution >= 0.6 is 0 Å². The Hall–Kier alpha value is -2.35. The van der Waals surface area contributed by atoms with Gasteiger partial charge in [0.15, 0.2) is 0 Å². The highest BCUT2D eigenvalue weighted by atomic mass is 16.5. The second-order valence-electron chi connectivity index (χ2n) is 5.23. The van der Waals surface area contributed by atoms with Crippen LogP contribution in [0.2, 0.25) is 0 Å². The molecule has 0 amide bonds. The number of hydrogen-bond donors (Lipinski definition) is 0. The monoisotopic (exact) mass is 277 g/mol. The van der Waals surface area contributed by atoms with E-state index in [0.29, 0.717) is 0 Å². The molecule has 3 rings (SSSR count). The summed E-state index contributed by atoms with van der Waals surface area (Å²) in [6.07, 6.45) is 4.78. The maximum Gasteiger partial charge on any atom is 0.127 e. The van der Waals surface area contributed by atoms with Gasteiger partial charge in [0.25, 0.3) is 0 Å². The Morgan fingerprint density at radius 3 is 2.48 bits per heavy atom. The third-order valence-electron chi connectivity index (χ3n) is 3.77. The van der Waals surface area contributed by atoms with Gasteiger partial charge in [-0.3, -0.25) is 0 Å². The zero-order chi connectivity index (χ0) is 14.5. The highest BCUT2D eigenvalue weighted by Gasteiger charge is 2.09. The molecule has 2 aromatic carbocycles. The number of benzene rings is 2. The van der Waals surface area contributed by atoms with Crippen LogP contribution in [0.15, 0.2) is 65.4 Å². The van der Waals surface area contributed by atoms with Gasteiger partial charge in [-0.05, 0) is 36.5 Å². The molecule has 2 heteroatoms. The van der Waals surface area contributed by atoms with Gasteiger partial charge in [-0.1, -0.05) is 60.6 Å². The topological polar surface area (TPSA) is 26.0 Å². The van der Waals surface area contributed by atoms with Crippen LogP contribution in [0.1, 0.15) is 23.6 Å². The first-order chi connectivity index (χ1) is 10.4. The number of aryl methyl sites for hydroxylation is 3. The first-order valence-electron chi connectivity index (χ1n) is 7.43. The first-order valence-corrected chi connectivity index (χ1v) is 7.43. The quantitative estimate of drug-likeness (QED) is 0.676. The molecule has 0 bridgehead atoms. The van der Waals surface area contributed by atoms with Crippen molar-refractivity contribution < 1.29 is 4.52 Å². The molecular weight excluding hydrogens is 258 g/mol. The molecule has 0 fully saturated rings. The fourth-order valence-corrected chi connectivity index (χ4v) is 2.55. The van der Waals surface area contributed by atoms with Crippen LogP contribution in [0.25, 0.3) is 11.3 Å². The van der Waals surface area contributed by atoms with Crippen LogP contribution in [0, 0.1) is 0 Å². The lowest BCUT2D eigenvalue weighted by atomic mass is 10.00. The van der Waals surface area contributed by atoms with Gasteiger partial charge in [0, 0.05) is 11.1 Å². The summed E-state index contributed by atoms with van der Waals surface area (Å²) < 4.78 is 5.11. The molecule has 106 valence electrons. The SMILES string of the molecule is CCc1conc1-c1cccc(CCc2ccccc2)c1. The fraction of sp³-hybridized carbons (Fsp3) is 0.211. The van der Waals surface area contributed by atoms with Crippen molar-refractivity contribution in [3.8, 4) is 11.3 Å². The molecular formula is C19H19NO. The van der Waals surface area contributed by atoms with E-state index in [-0.39, 0.29) is 0 Å². The lowest BCUT2D eigenvalue weighted by molar-refractivity contribution is 0.421. The van der Waals surface area contributed by atoms with Gasteiger partial charge in [-0.15, -0.1) is 0 Å². The Balaban J connectivity index is 1.77. The average molecular weight is 277 g/mol. The van der Waals surface area contributed by atoms with E-state index in [9.17, 15) is 0 Å². The standard InChI is InChI=1S/C19H19NO/c1-2-17-14-21-20-19(17)18-10-6-9-16(13-18)12-11-15-7-4-3-5-8-15/h3-10,13-14H,2,11-12H2,1H3. The lowest BCUT2D eigenvalue weighted by Gasteiger charge is -2.05. The zero-order valence-electron chi connectivity index (χ0n) is 12.3.